The third-order valence-electron chi connectivity index (χ3n) is 5.55. The normalized spacial score (nSPS) is 16.4. The summed E-state index contributed by atoms with van der Waals surface area (Å²) in [5, 5.41) is 6.27. The summed E-state index contributed by atoms with van der Waals surface area (Å²) < 4.78 is 25.1. The molecule has 1 saturated heterocycles. The molecule has 4 rings (SSSR count). The molecule has 188 valence electrons. The number of nitrogens with zero attached hydrogens (tertiary/aromatic N) is 3. The van der Waals surface area contributed by atoms with Gasteiger partial charge in [-0.3, -0.25) is 14.7 Å². The number of anilines is 1. The van der Waals surface area contributed by atoms with Crippen molar-refractivity contribution >= 4 is 23.9 Å². The third kappa shape index (κ3) is 6.12. The van der Waals surface area contributed by atoms with Gasteiger partial charge in [0.05, 0.1) is 44.7 Å². The summed E-state index contributed by atoms with van der Waals surface area (Å²) >= 11 is 0. The molecule has 2 atom stereocenters. The number of aromatic nitrogens is 1. The molecular weight excluding hydrogens is 469 g/mol. The monoisotopic (exact) mass is 495 g/mol. The minimum Gasteiger partial charge on any atom is -0.442 e. The van der Waals surface area contributed by atoms with Crippen molar-refractivity contribution in [1.82, 2.24) is 16.0 Å². The van der Waals surface area contributed by atoms with Crippen LogP contribution in [0.15, 0.2) is 64.4 Å². The van der Waals surface area contributed by atoms with Crippen molar-refractivity contribution < 1.29 is 28.1 Å². The summed E-state index contributed by atoms with van der Waals surface area (Å²) in [6.45, 7) is 2.23. The van der Waals surface area contributed by atoms with Gasteiger partial charge in [-0.25, -0.2) is 9.18 Å². The van der Waals surface area contributed by atoms with Crippen LogP contribution in [0.5, 0.6) is 0 Å². The van der Waals surface area contributed by atoms with E-state index in [-0.39, 0.29) is 25.0 Å². The van der Waals surface area contributed by atoms with Gasteiger partial charge in [0.15, 0.2) is 0 Å². The van der Waals surface area contributed by atoms with E-state index in [1.165, 1.54) is 31.3 Å². The number of hydrogen-bond acceptors (Lipinski definition) is 8. The number of aliphatic imine (C=N–C) groups is 1. The first-order valence-corrected chi connectivity index (χ1v) is 11.2. The molecule has 0 saturated carbocycles. The molecule has 2 amide bonds. The van der Waals surface area contributed by atoms with Gasteiger partial charge in [0, 0.05) is 24.3 Å². The molecule has 2 aromatic carbocycles. The molecule has 0 bridgehead atoms. The molecule has 11 heteroatoms. The fourth-order valence-corrected chi connectivity index (χ4v) is 3.75. The Hall–Kier alpha value is -4.09. The van der Waals surface area contributed by atoms with Gasteiger partial charge < -0.3 is 19.4 Å². The number of carbonyl (C=O) groups excluding carboxylic acids is 2. The van der Waals surface area contributed by atoms with E-state index in [0.717, 1.165) is 11.1 Å². The lowest BCUT2D eigenvalue weighted by Crippen LogP contribution is -2.33. The Balaban J connectivity index is 1.44. The zero-order valence-electron chi connectivity index (χ0n) is 19.8. The van der Waals surface area contributed by atoms with Crippen LogP contribution in [0.2, 0.25) is 0 Å². The summed E-state index contributed by atoms with van der Waals surface area (Å²) in [5.41, 5.74) is 6.05. The topological polar surface area (TPSA) is 118 Å². The van der Waals surface area contributed by atoms with Crippen LogP contribution < -0.4 is 15.7 Å². The van der Waals surface area contributed by atoms with E-state index in [4.69, 9.17) is 14.1 Å². The summed E-state index contributed by atoms with van der Waals surface area (Å²) in [7, 11) is 1.52. The van der Waals surface area contributed by atoms with Crippen molar-refractivity contribution in [2.45, 2.75) is 25.6 Å². The summed E-state index contributed by atoms with van der Waals surface area (Å²) in [6.07, 6.45) is 3.77. The largest absolute Gasteiger partial charge is 0.442 e. The average molecular weight is 496 g/mol. The second-order valence-electron chi connectivity index (χ2n) is 8.16. The molecule has 2 heterocycles. The standard InChI is InChI=1S/C25H26FN5O5/c1-16(32)28-12-21-14-31(25(33)36-21)20-7-8-22(23(26)9-20)18-3-5-19(6-4-18)24(30-34-2)13-27-10-17-11-29-35-15-17/h3-9,11,13,15,21,24,30H,10,12,14H2,1-2H3,(H,28,32)/t21-,24?/m0/s1. The predicted octanol–water partition coefficient (Wildman–Crippen LogP) is 3.41. The molecule has 1 aliphatic heterocycles. The van der Waals surface area contributed by atoms with Crippen LogP contribution in [-0.2, 0) is 20.9 Å². The maximum absolute atomic E-state index is 15.0. The molecule has 0 spiro atoms. The predicted molar refractivity (Wildman–Crippen MR) is 130 cm³/mol. The van der Waals surface area contributed by atoms with Crippen LogP contribution in [0, 0.1) is 5.82 Å². The molecule has 1 unspecified atom stereocenters. The highest BCUT2D eigenvalue weighted by atomic mass is 19.1. The minimum absolute atomic E-state index is 0.203. The highest BCUT2D eigenvalue weighted by molar-refractivity contribution is 5.90. The molecule has 1 aliphatic rings. The van der Waals surface area contributed by atoms with Crippen LogP contribution in [0.4, 0.5) is 14.9 Å². The van der Waals surface area contributed by atoms with Crippen LogP contribution >= 0.6 is 0 Å². The van der Waals surface area contributed by atoms with Crippen LogP contribution in [0.1, 0.15) is 24.1 Å². The molecule has 0 radical (unpaired) electrons. The maximum atomic E-state index is 15.0. The van der Waals surface area contributed by atoms with Crippen molar-refractivity contribution in [3.05, 3.63) is 71.9 Å². The SMILES string of the molecule is CONC(C=NCc1cnoc1)c1ccc(-c2ccc(N3C[C@H](CNC(C)=O)OC3=O)cc2F)cc1. The highest BCUT2D eigenvalue weighted by Gasteiger charge is 2.32. The van der Waals surface area contributed by atoms with Gasteiger partial charge in [0.2, 0.25) is 5.91 Å². The molecular formula is C25H26FN5O5. The number of hydroxylamine groups is 1. The van der Waals surface area contributed by atoms with Crippen molar-refractivity contribution in [1.29, 1.82) is 0 Å². The zero-order chi connectivity index (χ0) is 25.5. The first-order valence-electron chi connectivity index (χ1n) is 11.2. The van der Waals surface area contributed by atoms with Crippen LogP contribution in [0.25, 0.3) is 11.1 Å². The Morgan fingerprint density at radius 1 is 1.33 bits per heavy atom. The average Bonchev–Trinajstić information content (AvgIpc) is 3.52. The highest BCUT2D eigenvalue weighted by Crippen LogP contribution is 2.30. The van der Waals surface area contributed by atoms with Gasteiger partial charge in [-0.1, -0.05) is 29.4 Å². The Morgan fingerprint density at radius 2 is 2.14 bits per heavy atom. The summed E-state index contributed by atoms with van der Waals surface area (Å²) in [6, 6.07) is 11.6. The van der Waals surface area contributed by atoms with Crippen molar-refractivity contribution in [2.75, 3.05) is 25.1 Å². The van der Waals surface area contributed by atoms with E-state index in [2.05, 4.69) is 20.9 Å². The van der Waals surface area contributed by atoms with Gasteiger partial charge in [-0.2, -0.15) is 5.48 Å². The van der Waals surface area contributed by atoms with E-state index in [0.29, 0.717) is 23.4 Å². The summed E-state index contributed by atoms with van der Waals surface area (Å²) in [5.74, 6) is -0.686. The van der Waals surface area contributed by atoms with Crippen molar-refractivity contribution in [2.24, 2.45) is 4.99 Å². The number of amides is 2. The molecule has 36 heavy (non-hydrogen) atoms. The van der Waals surface area contributed by atoms with Gasteiger partial charge in [0.1, 0.15) is 18.2 Å². The van der Waals surface area contributed by atoms with Crippen LogP contribution in [-0.4, -0.2) is 49.7 Å². The first-order chi connectivity index (χ1) is 17.4. The Kier molecular flexibility index (Phi) is 8.03. The number of carbonyl (C=O) groups is 2. The number of halogens is 1. The van der Waals surface area contributed by atoms with Gasteiger partial charge in [0.25, 0.3) is 0 Å². The second kappa shape index (κ2) is 11.6. The number of hydrogen-bond donors (Lipinski definition) is 2. The molecule has 1 aromatic heterocycles. The maximum Gasteiger partial charge on any atom is 0.414 e. The van der Waals surface area contributed by atoms with Gasteiger partial charge >= 0.3 is 6.09 Å². The van der Waals surface area contributed by atoms with Crippen molar-refractivity contribution in [3.63, 3.8) is 0 Å². The van der Waals surface area contributed by atoms with Crippen LogP contribution in [0.3, 0.4) is 0 Å². The van der Waals surface area contributed by atoms with E-state index in [1.807, 2.05) is 12.1 Å². The first kappa shape index (κ1) is 25.0. The number of benzene rings is 2. The Morgan fingerprint density at radius 3 is 2.81 bits per heavy atom. The number of cyclic esters (lactones) is 1. The van der Waals surface area contributed by atoms with Gasteiger partial charge in [-0.15, -0.1) is 0 Å². The van der Waals surface area contributed by atoms with Gasteiger partial charge in [-0.05, 0) is 29.3 Å². The lowest BCUT2D eigenvalue weighted by Gasteiger charge is -2.16. The molecule has 10 nitrogen and oxygen atoms in total. The number of ether oxygens (including phenoxy) is 1. The number of nitrogens with one attached hydrogen (secondary N) is 2. The van der Waals surface area contributed by atoms with E-state index in [1.54, 1.807) is 36.7 Å². The summed E-state index contributed by atoms with van der Waals surface area (Å²) in [4.78, 5) is 34.2. The fraction of sp³-hybridized carbons (Fsp3) is 0.280. The van der Waals surface area contributed by atoms with E-state index in [9.17, 15) is 9.59 Å². The quantitative estimate of drug-likeness (QED) is 0.327. The third-order valence-corrected chi connectivity index (χ3v) is 5.55. The Bertz CT molecular complexity index is 1220. The number of rotatable bonds is 10. The zero-order valence-corrected chi connectivity index (χ0v) is 19.8. The smallest absolute Gasteiger partial charge is 0.414 e. The second-order valence-corrected chi connectivity index (χ2v) is 8.16. The molecule has 3 aromatic rings. The minimum atomic E-state index is -0.579. The molecule has 0 aliphatic carbocycles. The lowest BCUT2D eigenvalue weighted by atomic mass is 10.0. The molecule has 2 N–H and O–H groups in total. The van der Waals surface area contributed by atoms with E-state index < -0.39 is 18.0 Å². The lowest BCUT2D eigenvalue weighted by molar-refractivity contribution is -0.119. The van der Waals surface area contributed by atoms with E-state index >= 15 is 4.39 Å². The molecule has 1 fully saturated rings. The Labute approximate surface area is 207 Å². The van der Waals surface area contributed by atoms with Crippen molar-refractivity contribution in [3.8, 4) is 11.1 Å². The fourth-order valence-electron chi connectivity index (χ4n) is 3.75.